The van der Waals surface area contributed by atoms with Crippen LogP contribution in [0.1, 0.15) is 20.3 Å². The highest BCUT2D eigenvalue weighted by Gasteiger charge is 2.17. The molecular weight excluding hydrogens is 260 g/mol. The Bertz CT molecular complexity index is 282. The summed E-state index contributed by atoms with van der Waals surface area (Å²) in [5.74, 6) is 0.741. The van der Waals surface area contributed by atoms with Crippen molar-refractivity contribution in [2.24, 2.45) is 0 Å². The first kappa shape index (κ1) is 12.1. The van der Waals surface area contributed by atoms with Crippen molar-refractivity contribution in [3.8, 4) is 0 Å². The highest BCUT2D eigenvalue weighted by molar-refractivity contribution is 9.10. The van der Waals surface area contributed by atoms with E-state index in [0.29, 0.717) is 0 Å². The Morgan fingerprint density at radius 1 is 1.36 bits per heavy atom. The topological polar surface area (TPSA) is 20.2 Å². The Morgan fingerprint density at radius 2 is 1.93 bits per heavy atom. The van der Waals surface area contributed by atoms with Crippen LogP contribution in [-0.4, -0.2) is 16.5 Å². The summed E-state index contributed by atoms with van der Waals surface area (Å²) in [5, 5.41) is 9.81. The monoisotopic (exact) mass is 274 g/mol. The molecule has 0 radical (unpaired) electrons. The van der Waals surface area contributed by atoms with Crippen molar-refractivity contribution in [2.75, 3.05) is 5.75 Å². The van der Waals surface area contributed by atoms with Crippen LogP contribution in [-0.2, 0) is 0 Å². The van der Waals surface area contributed by atoms with Crippen LogP contribution in [0.4, 0.5) is 0 Å². The summed E-state index contributed by atoms with van der Waals surface area (Å²) in [6.45, 7) is 3.88. The summed E-state index contributed by atoms with van der Waals surface area (Å²) >= 11 is 5.08. The normalized spacial score (nSPS) is 15.1. The lowest BCUT2D eigenvalue weighted by Gasteiger charge is -2.20. The molecule has 0 heterocycles. The minimum atomic E-state index is -0.558. The van der Waals surface area contributed by atoms with Gasteiger partial charge >= 0.3 is 0 Å². The van der Waals surface area contributed by atoms with E-state index in [-0.39, 0.29) is 0 Å². The Kier molecular flexibility index (Phi) is 4.48. The Morgan fingerprint density at radius 3 is 2.43 bits per heavy atom. The Balaban J connectivity index is 2.50. The second kappa shape index (κ2) is 5.19. The highest BCUT2D eigenvalue weighted by atomic mass is 79.9. The van der Waals surface area contributed by atoms with Gasteiger partial charge in [-0.25, -0.2) is 0 Å². The first-order valence-corrected chi connectivity index (χ1v) is 6.42. The molecule has 0 aliphatic heterocycles. The van der Waals surface area contributed by atoms with E-state index in [1.54, 1.807) is 11.8 Å². The van der Waals surface area contributed by atoms with Gasteiger partial charge in [0, 0.05) is 15.1 Å². The van der Waals surface area contributed by atoms with Gasteiger partial charge in [-0.3, -0.25) is 0 Å². The molecule has 1 nitrogen and oxygen atoms in total. The molecule has 0 spiro atoms. The van der Waals surface area contributed by atoms with Gasteiger partial charge < -0.3 is 5.11 Å². The van der Waals surface area contributed by atoms with Gasteiger partial charge in [0.05, 0.1) is 5.60 Å². The van der Waals surface area contributed by atoms with Crippen LogP contribution in [0.2, 0.25) is 0 Å². The average Bonchev–Trinajstić information content (AvgIpc) is 2.17. The fraction of sp³-hybridized carbons (Fsp3) is 0.455. The van der Waals surface area contributed by atoms with E-state index >= 15 is 0 Å². The fourth-order valence-electron chi connectivity index (χ4n) is 0.872. The number of hydrogen-bond acceptors (Lipinski definition) is 2. The Hall–Kier alpha value is 0.01000. The van der Waals surface area contributed by atoms with Gasteiger partial charge in [-0.2, -0.15) is 0 Å². The molecule has 14 heavy (non-hydrogen) atoms. The summed E-state index contributed by atoms with van der Waals surface area (Å²) in [4.78, 5) is 1.20. The van der Waals surface area contributed by atoms with Gasteiger partial charge in [0.25, 0.3) is 0 Å². The van der Waals surface area contributed by atoms with E-state index in [1.165, 1.54) is 4.90 Å². The van der Waals surface area contributed by atoms with Gasteiger partial charge in [0.2, 0.25) is 0 Å². The molecule has 0 saturated heterocycles. The molecule has 0 bridgehead atoms. The molecule has 1 aromatic carbocycles. The van der Waals surface area contributed by atoms with Crippen LogP contribution in [0, 0.1) is 0 Å². The zero-order valence-corrected chi connectivity index (χ0v) is 10.9. The molecule has 1 rings (SSSR count). The summed E-state index contributed by atoms with van der Waals surface area (Å²) < 4.78 is 1.09. The predicted molar refractivity (Wildman–Crippen MR) is 65.8 cm³/mol. The largest absolute Gasteiger partial charge is 0.389 e. The molecule has 1 aromatic rings. The third kappa shape index (κ3) is 4.03. The van der Waals surface area contributed by atoms with Gasteiger partial charge in [0.15, 0.2) is 0 Å². The van der Waals surface area contributed by atoms with E-state index in [4.69, 9.17) is 0 Å². The van der Waals surface area contributed by atoms with Crippen molar-refractivity contribution >= 4 is 27.7 Å². The van der Waals surface area contributed by atoms with E-state index in [0.717, 1.165) is 16.6 Å². The van der Waals surface area contributed by atoms with Gasteiger partial charge in [-0.05, 0) is 37.6 Å². The third-order valence-corrected chi connectivity index (χ3v) is 4.03. The van der Waals surface area contributed by atoms with Crippen LogP contribution in [0.5, 0.6) is 0 Å². The smallest absolute Gasteiger partial charge is 0.0710 e. The molecule has 0 amide bonds. The van der Waals surface area contributed by atoms with Crippen molar-refractivity contribution in [3.63, 3.8) is 0 Å². The van der Waals surface area contributed by atoms with Crippen LogP contribution in [0.15, 0.2) is 33.6 Å². The lowest BCUT2D eigenvalue weighted by atomic mass is 10.1. The lowest BCUT2D eigenvalue weighted by molar-refractivity contribution is 0.0816. The van der Waals surface area contributed by atoms with Gasteiger partial charge in [-0.1, -0.05) is 22.9 Å². The summed E-state index contributed by atoms with van der Waals surface area (Å²) in [7, 11) is 0. The second-order valence-electron chi connectivity index (χ2n) is 3.59. The average molecular weight is 275 g/mol. The molecule has 3 heteroatoms. The van der Waals surface area contributed by atoms with E-state index in [1.807, 2.05) is 26.0 Å². The van der Waals surface area contributed by atoms with Crippen LogP contribution < -0.4 is 0 Å². The molecule has 0 aliphatic carbocycles. The number of halogens is 1. The summed E-state index contributed by atoms with van der Waals surface area (Å²) in [6.07, 6.45) is 0.788. The fourth-order valence-corrected chi connectivity index (χ4v) is 2.15. The second-order valence-corrected chi connectivity index (χ2v) is 5.56. The molecule has 0 saturated carbocycles. The quantitative estimate of drug-likeness (QED) is 0.845. The maximum Gasteiger partial charge on any atom is 0.0710 e. The first-order valence-electron chi connectivity index (χ1n) is 4.64. The van der Waals surface area contributed by atoms with Gasteiger partial charge in [0.1, 0.15) is 0 Å². The molecular formula is C11H15BrOS. The van der Waals surface area contributed by atoms with Crippen molar-refractivity contribution in [1.29, 1.82) is 0 Å². The molecule has 0 aromatic heterocycles. The Labute approximate surface area is 98.0 Å². The lowest BCUT2D eigenvalue weighted by Crippen LogP contribution is -2.25. The van der Waals surface area contributed by atoms with E-state index in [9.17, 15) is 5.11 Å². The van der Waals surface area contributed by atoms with Crippen molar-refractivity contribution in [2.45, 2.75) is 30.8 Å². The van der Waals surface area contributed by atoms with E-state index in [2.05, 4.69) is 28.1 Å². The summed E-state index contributed by atoms with van der Waals surface area (Å²) in [6, 6.07) is 8.15. The van der Waals surface area contributed by atoms with Crippen molar-refractivity contribution < 1.29 is 5.11 Å². The van der Waals surface area contributed by atoms with Gasteiger partial charge in [-0.15, -0.1) is 11.8 Å². The number of benzene rings is 1. The summed E-state index contributed by atoms with van der Waals surface area (Å²) in [5.41, 5.74) is -0.558. The molecule has 1 N–H and O–H groups in total. The van der Waals surface area contributed by atoms with Crippen molar-refractivity contribution in [1.82, 2.24) is 0 Å². The van der Waals surface area contributed by atoms with Crippen LogP contribution in [0.25, 0.3) is 0 Å². The zero-order chi connectivity index (χ0) is 10.6. The minimum Gasteiger partial charge on any atom is -0.389 e. The highest BCUT2D eigenvalue weighted by Crippen LogP contribution is 2.25. The standard InChI is InChI=1S/C11H15BrOS/c1-3-11(2,13)8-14-10-6-4-9(12)5-7-10/h4-7,13H,3,8H2,1-2H3. The number of hydrogen-bond donors (Lipinski definition) is 1. The van der Waals surface area contributed by atoms with Crippen molar-refractivity contribution in [3.05, 3.63) is 28.7 Å². The predicted octanol–water partition coefficient (Wildman–Crippen LogP) is 3.70. The number of thioether (sulfide) groups is 1. The molecule has 0 aliphatic rings. The first-order chi connectivity index (χ1) is 6.53. The number of aliphatic hydroxyl groups is 1. The maximum absolute atomic E-state index is 9.81. The van der Waals surface area contributed by atoms with E-state index < -0.39 is 5.60 Å². The van der Waals surface area contributed by atoms with Crippen LogP contribution in [0.3, 0.4) is 0 Å². The molecule has 0 fully saturated rings. The van der Waals surface area contributed by atoms with Crippen LogP contribution >= 0.6 is 27.7 Å². The maximum atomic E-state index is 9.81. The minimum absolute atomic E-state index is 0.558. The zero-order valence-electron chi connectivity index (χ0n) is 8.46. The number of rotatable bonds is 4. The molecule has 1 atom stereocenters. The third-order valence-electron chi connectivity index (χ3n) is 2.13. The SMILES string of the molecule is CCC(C)(O)CSc1ccc(Br)cc1. The molecule has 1 unspecified atom stereocenters. The molecule has 78 valence electrons.